The number of anilines is 1. The molecule has 0 aliphatic rings. The molecule has 0 bridgehead atoms. The predicted octanol–water partition coefficient (Wildman–Crippen LogP) is 1.57. The molecule has 1 aromatic rings. The maximum Gasteiger partial charge on any atom is 0.125 e. The molecule has 0 unspecified atom stereocenters. The number of nitrogens with zero attached hydrogens (tertiary/aromatic N) is 1. The lowest BCUT2D eigenvalue weighted by atomic mass is 10.3. The van der Waals surface area contributed by atoms with Gasteiger partial charge in [0.1, 0.15) is 5.82 Å². The average Bonchev–Trinajstić information content (AvgIpc) is 2.08. The van der Waals surface area contributed by atoms with Crippen LogP contribution in [0, 0.1) is 6.92 Å². The first-order valence-electron chi connectivity index (χ1n) is 4.53. The molecule has 0 saturated heterocycles. The molecular weight excluding hydrogens is 164 g/mol. The van der Waals surface area contributed by atoms with Gasteiger partial charge in [0.25, 0.3) is 0 Å². The number of nitrogens with one attached hydrogen (secondary N) is 1. The van der Waals surface area contributed by atoms with Gasteiger partial charge in [0.15, 0.2) is 0 Å². The Morgan fingerprint density at radius 2 is 2.31 bits per heavy atom. The van der Waals surface area contributed by atoms with Crippen LogP contribution in [0.15, 0.2) is 18.3 Å². The van der Waals surface area contributed by atoms with Gasteiger partial charge in [-0.05, 0) is 31.9 Å². The summed E-state index contributed by atoms with van der Waals surface area (Å²) < 4.78 is 0. The fraction of sp³-hybridized carbons (Fsp3) is 0.500. The van der Waals surface area contributed by atoms with E-state index in [1.807, 2.05) is 25.3 Å². The quantitative estimate of drug-likeness (QED) is 0.739. The van der Waals surface area contributed by atoms with E-state index in [4.69, 9.17) is 5.11 Å². The Morgan fingerprint density at radius 3 is 2.85 bits per heavy atom. The van der Waals surface area contributed by atoms with E-state index < -0.39 is 0 Å². The van der Waals surface area contributed by atoms with E-state index >= 15 is 0 Å². The van der Waals surface area contributed by atoms with Crippen LogP contribution >= 0.6 is 0 Å². The summed E-state index contributed by atoms with van der Waals surface area (Å²) in [5.74, 6) is 0.867. The Bertz CT molecular complexity index is 244. The van der Waals surface area contributed by atoms with Crippen molar-refractivity contribution in [1.82, 2.24) is 4.98 Å². The van der Waals surface area contributed by atoms with E-state index in [1.165, 1.54) is 0 Å². The molecule has 1 heterocycles. The maximum atomic E-state index is 9.01. The highest BCUT2D eigenvalue weighted by Crippen LogP contribution is 2.03. The molecule has 1 rings (SSSR count). The lowest BCUT2D eigenvalue weighted by Gasteiger charge is -2.06. The third kappa shape index (κ3) is 3.90. The minimum absolute atomic E-state index is 0.252. The predicted molar refractivity (Wildman–Crippen MR) is 53.8 cm³/mol. The van der Waals surface area contributed by atoms with E-state index in [1.54, 1.807) is 6.92 Å². The summed E-state index contributed by atoms with van der Waals surface area (Å²) in [6.45, 7) is 4.55. The lowest BCUT2D eigenvalue weighted by molar-refractivity contribution is 0.188. The fourth-order valence-electron chi connectivity index (χ4n) is 0.982. The van der Waals surface area contributed by atoms with Gasteiger partial charge in [-0.15, -0.1) is 0 Å². The monoisotopic (exact) mass is 180 g/mol. The van der Waals surface area contributed by atoms with Crippen molar-refractivity contribution in [2.75, 3.05) is 11.9 Å². The number of hydrogen-bond donors (Lipinski definition) is 2. The molecule has 0 aliphatic heterocycles. The third-order valence-corrected chi connectivity index (χ3v) is 1.78. The number of aryl methyl sites for hydroxylation is 1. The summed E-state index contributed by atoms with van der Waals surface area (Å²) in [5.41, 5.74) is 1.15. The van der Waals surface area contributed by atoms with Crippen LogP contribution in [-0.2, 0) is 0 Å². The number of aromatic nitrogens is 1. The van der Waals surface area contributed by atoms with Gasteiger partial charge in [0.2, 0.25) is 0 Å². The summed E-state index contributed by atoms with van der Waals surface area (Å²) in [5, 5.41) is 12.1. The number of aliphatic hydroxyl groups excluding tert-OH is 1. The molecule has 0 saturated carbocycles. The molecule has 0 spiro atoms. The van der Waals surface area contributed by atoms with Gasteiger partial charge in [-0.25, -0.2) is 4.98 Å². The van der Waals surface area contributed by atoms with Crippen LogP contribution < -0.4 is 5.32 Å². The Balaban J connectivity index is 2.33. The van der Waals surface area contributed by atoms with Crippen molar-refractivity contribution in [2.45, 2.75) is 26.4 Å². The van der Waals surface area contributed by atoms with Crippen molar-refractivity contribution in [3.05, 3.63) is 23.9 Å². The second-order valence-corrected chi connectivity index (χ2v) is 3.29. The van der Waals surface area contributed by atoms with Gasteiger partial charge in [-0.3, -0.25) is 0 Å². The molecule has 2 N–H and O–H groups in total. The van der Waals surface area contributed by atoms with Crippen LogP contribution in [0.1, 0.15) is 18.9 Å². The number of pyridine rings is 1. The number of rotatable bonds is 4. The van der Waals surface area contributed by atoms with Crippen LogP contribution in [0.3, 0.4) is 0 Å². The first kappa shape index (κ1) is 9.99. The van der Waals surface area contributed by atoms with E-state index in [0.717, 1.165) is 24.3 Å². The van der Waals surface area contributed by atoms with Crippen LogP contribution in [0.25, 0.3) is 0 Å². The molecule has 0 fully saturated rings. The minimum Gasteiger partial charge on any atom is -0.393 e. The molecule has 0 aromatic carbocycles. The molecule has 3 nitrogen and oxygen atoms in total. The zero-order valence-electron chi connectivity index (χ0n) is 8.12. The first-order chi connectivity index (χ1) is 6.18. The molecule has 1 aromatic heterocycles. The lowest BCUT2D eigenvalue weighted by Crippen LogP contribution is -2.10. The average molecular weight is 180 g/mol. The summed E-state index contributed by atoms with van der Waals surface area (Å²) in [6, 6.07) is 3.95. The Hall–Kier alpha value is -1.09. The highest BCUT2D eigenvalue weighted by atomic mass is 16.3. The van der Waals surface area contributed by atoms with E-state index in [-0.39, 0.29) is 6.10 Å². The van der Waals surface area contributed by atoms with Crippen LogP contribution in [0.5, 0.6) is 0 Å². The molecular formula is C10H16N2O. The molecule has 72 valence electrons. The Labute approximate surface area is 78.8 Å². The Morgan fingerprint density at radius 1 is 1.54 bits per heavy atom. The standard InChI is InChI=1S/C10H16N2O/c1-8-3-4-10(12-7-8)11-6-5-9(2)13/h3-4,7,9,13H,5-6H2,1-2H3,(H,11,12)/t9-/m0/s1. The zero-order chi connectivity index (χ0) is 9.68. The van der Waals surface area contributed by atoms with Crippen molar-refractivity contribution in [2.24, 2.45) is 0 Å². The molecule has 0 radical (unpaired) electrons. The van der Waals surface area contributed by atoms with E-state index in [0.29, 0.717) is 0 Å². The van der Waals surface area contributed by atoms with Crippen molar-refractivity contribution in [3.8, 4) is 0 Å². The summed E-state index contributed by atoms with van der Waals surface area (Å²) >= 11 is 0. The normalized spacial score (nSPS) is 12.5. The van der Waals surface area contributed by atoms with Gasteiger partial charge in [-0.2, -0.15) is 0 Å². The van der Waals surface area contributed by atoms with Crippen molar-refractivity contribution >= 4 is 5.82 Å². The van der Waals surface area contributed by atoms with Crippen LogP contribution in [-0.4, -0.2) is 22.7 Å². The summed E-state index contributed by atoms with van der Waals surface area (Å²) in [6.07, 6.45) is 2.32. The van der Waals surface area contributed by atoms with Gasteiger partial charge >= 0.3 is 0 Å². The molecule has 0 aliphatic carbocycles. The second kappa shape index (κ2) is 4.82. The largest absolute Gasteiger partial charge is 0.393 e. The molecule has 0 amide bonds. The van der Waals surface area contributed by atoms with E-state index in [9.17, 15) is 0 Å². The maximum absolute atomic E-state index is 9.01. The van der Waals surface area contributed by atoms with Gasteiger partial charge in [0, 0.05) is 12.7 Å². The van der Waals surface area contributed by atoms with Crippen molar-refractivity contribution < 1.29 is 5.11 Å². The number of aliphatic hydroxyl groups is 1. The van der Waals surface area contributed by atoms with Crippen LogP contribution in [0.2, 0.25) is 0 Å². The summed E-state index contributed by atoms with van der Waals surface area (Å²) in [7, 11) is 0. The minimum atomic E-state index is -0.252. The first-order valence-corrected chi connectivity index (χ1v) is 4.53. The van der Waals surface area contributed by atoms with E-state index in [2.05, 4.69) is 10.3 Å². The van der Waals surface area contributed by atoms with Gasteiger partial charge < -0.3 is 10.4 Å². The topological polar surface area (TPSA) is 45.1 Å². The summed E-state index contributed by atoms with van der Waals surface area (Å²) in [4.78, 5) is 4.18. The SMILES string of the molecule is Cc1ccc(NCC[C@H](C)O)nc1. The second-order valence-electron chi connectivity index (χ2n) is 3.29. The highest BCUT2D eigenvalue weighted by molar-refractivity contribution is 5.34. The van der Waals surface area contributed by atoms with Gasteiger partial charge in [0.05, 0.1) is 6.10 Å². The highest BCUT2D eigenvalue weighted by Gasteiger charge is 1.95. The smallest absolute Gasteiger partial charge is 0.125 e. The molecule has 13 heavy (non-hydrogen) atoms. The van der Waals surface area contributed by atoms with Crippen LogP contribution in [0.4, 0.5) is 5.82 Å². The molecule has 1 atom stereocenters. The third-order valence-electron chi connectivity index (χ3n) is 1.78. The number of hydrogen-bond acceptors (Lipinski definition) is 3. The van der Waals surface area contributed by atoms with Crippen molar-refractivity contribution in [1.29, 1.82) is 0 Å². The van der Waals surface area contributed by atoms with Crippen molar-refractivity contribution in [3.63, 3.8) is 0 Å². The fourth-order valence-corrected chi connectivity index (χ4v) is 0.982. The molecule has 3 heteroatoms. The Kier molecular flexibility index (Phi) is 3.71. The van der Waals surface area contributed by atoms with Gasteiger partial charge in [-0.1, -0.05) is 6.07 Å². The zero-order valence-corrected chi connectivity index (χ0v) is 8.12.